The smallest absolute Gasteiger partial charge is 0.133 e. The summed E-state index contributed by atoms with van der Waals surface area (Å²) < 4.78 is 5.36. The fourth-order valence-corrected chi connectivity index (χ4v) is 3.66. The second-order valence-corrected chi connectivity index (χ2v) is 6.97. The van der Waals surface area contributed by atoms with Crippen molar-refractivity contribution in [2.24, 2.45) is 5.92 Å². The van der Waals surface area contributed by atoms with Gasteiger partial charge >= 0.3 is 0 Å². The molecule has 0 amide bonds. The predicted octanol–water partition coefficient (Wildman–Crippen LogP) is 3.27. The lowest BCUT2D eigenvalue weighted by Crippen LogP contribution is -2.35. The van der Waals surface area contributed by atoms with E-state index in [4.69, 9.17) is 4.74 Å². The largest absolute Gasteiger partial charge is 0.381 e. The zero-order valence-corrected chi connectivity index (χ0v) is 14.3. The fourth-order valence-electron chi connectivity index (χ4n) is 2.90. The average molecular weight is 321 g/mol. The number of benzene rings is 1. The highest BCUT2D eigenvalue weighted by atomic mass is 32.2. The summed E-state index contributed by atoms with van der Waals surface area (Å²) >= 11 is 1.86. The summed E-state index contributed by atoms with van der Waals surface area (Å²) in [5, 5.41) is 0. The van der Waals surface area contributed by atoms with Crippen molar-refractivity contribution in [2.45, 2.75) is 31.1 Å². The van der Waals surface area contributed by atoms with Crippen LogP contribution in [0.15, 0.2) is 29.2 Å². The van der Waals surface area contributed by atoms with Crippen LogP contribution in [0.2, 0.25) is 0 Å². The Morgan fingerprint density at radius 3 is 2.64 bits per heavy atom. The molecule has 22 heavy (non-hydrogen) atoms. The van der Waals surface area contributed by atoms with Crippen LogP contribution in [0.3, 0.4) is 0 Å². The second kappa shape index (κ2) is 10.0. The number of rotatable bonds is 9. The molecule has 3 nitrogen and oxygen atoms in total. The molecule has 1 aliphatic rings. The molecule has 0 N–H and O–H groups in total. The molecular formula is C18H27NO2S. The van der Waals surface area contributed by atoms with Gasteiger partial charge < -0.3 is 9.53 Å². The van der Waals surface area contributed by atoms with Crippen molar-refractivity contribution in [3.63, 3.8) is 0 Å². The minimum atomic E-state index is 0.598. The molecule has 2 rings (SSSR count). The summed E-state index contributed by atoms with van der Waals surface area (Å²) in [4.78, 5) is 14.1. The molecule has 0 atom stereocenters. The van der Waals surface area contributed by atoms with Crippen molar-refractivity contribution in [1.82, 2.24) is 4.90 Å². The molecule has 122 valence electrons. The van der Waals surface area contributed by atoms with Crippen molar-refractivity contribution >= 4 is 18.0 Å². The van der Waals surface area contributed by atoms with Crippen LogP contribution in [0, 0.1) is 5.92 Å². The van der Waals surface area contributed by atoms with Gasteiger partial charge in [0.2, 0.25) is 0 Å². The maximum Gasteiger partial charge on any atom is 0.133 e. The quantitative estimate of drug-likeness (QED) is 0.397. The van der Waals surface area contributed by atoms with Crippen molar-refractivity contribution in [3.05, 3.63) is 29.8 Å². The van der Waals surface area contributed by atoms with Crippen LogP contribution < -0.4 is 0 Å². The monoisotopic (exact) mass is 321 g/mol. The van der Waals surface area contributed by atoms with Crippen molar-refractivity contribution < 1.29 is 9.53 Å². The molecule has 1 aromatic rings. The Hall–Kier alpha value is -0.840. The van der Waals surface area contributed by atoms with E-state index in [0.29, 0.717) is 6.54 Å². The maximum atomic E-state index is 10.5. The average Bonchev–Trinajstić information content (AvgIpc) is 2.55. The van der Waals surface area contributed by atoms with E-state index in [0.717, 1.165) is 44.3 Å². The zero-order chi connectivity index (χ0) is 15.6. The standard InChI is InChI=1S/C18H27NO2S/c1-2-21-13-14-22-18-5-3-16(4-6-18)15-17-7-9-19(10-8-17)11-12-20/h3-6,12,17H,2,7-11,13-15H2,1H3. The summed E-state index contributed by atoms with van der Waals surface area (Å²) in [5.74, 6) is 1.78. The van der Waals surface area contributed by atoms with Crippen LogP contribution in [0.5, 0.6) is 0 Å². The van der Waals surface area contributed by atoms with Gasteiger partial charge in [0, 0.05) is 17.3 Å². The number of nitrogens with zero attached hydrogens (tertiary/aromatic N) is 1. The first-order valence-corrected chi connectivity index (χ1v) is 9.26. The Balaban J connectivity index is 1.71. The van der Waals surface area contributed by atoms with Gasteiger partial charge in [-0.05, 0) is 62.9 Å². The van der Waals surface area contributed by atoms with Crippen LogP contribution in [0.4, 0.5) is 0 Å². The SMILES string of the molecule is CCOCCSc1ccc(CC2CCN(CC=O)CC2)cc1. The van der Waals surface area contributed by atoms with E-state index >= 15 is 0 Å². The Morgan fingerprint density at radius 1 is 1.27 bits per heavy atom. The Bertz CT molecular complexity index is 427. The summed E-state index contributed by atoms with van der Waals surface area (Å²) in [5.41, 5.74) is 1.43. The van der Waals surface area contributed by atoms with Crippen molar-refractivity contribution in [2.75, 3.05) is 38.6 Å². The third-order valence-electron chi connectivity index (χ3n) is 4.19. The number of hydrogen-bond donors (Lipinski definition) is 0. The Labute approximate surface area is 138 Å². The van der Waals surface area contributed by atoms with E-state index in [-0.39, 0.29) is 0 Å². The fraction of sp³-hybridized carbons (Fsp3) is 0.611. The van der Waals surface area contributed by atoms with Gasteiger partial charge in [0.25, 0.3) is 0 Å². The van der Waals surface area contributed by atoms with Gasteiger partial charge in [0.05, 0.1) is 13.2 Å². The maximum absolute atomic E-state index is 10.5. The van der Waals surface area contributed by atoms with Crippen molar-refractivity contribution in [1.29, 1.82) is 0 Å². The van der Waals surface area contributed by atoms with Crippen LogP contribution in [-0.2, 0) is 16.0 Å². The number of piperidine rings is 1. The highest BCUT2D eigenvalue weighted by Crippen LogP contribution is 2.23. The highest BCUT2D eigenvalue weighted by molar-refractivity contribution is 7.99. The second-order valence-electron chi connectivity index (χ2n) is 5.80. The number of thioether (sulfide) groups is 1. The molecule has 1 aliphatic heterocycles. The first kappa shape index (κ1) is 17.5. The number of aldehydes is 1. The minimum Gasteiger partial charge on any atom is -0.381 e. The molecule has 0 aromatic heterocycles. The third-order valence-corrected chi connectivity index (χ3v) is 5.16. The van der Waals surface area contributed by atoms with Gasteiger partial charge in [-0.1, -0.05) is 12.1 Å². The normalized spacial score (nSPS) is 16.8. The molecule has 0 saturated carbocycles. The lowest BCUT2D eigenvalue weighted by atomic mass is 9.90. The zero-order valence-electron chi connectivity index (χ0n) is 13.5. The molecular weight excluding hydrogens is 294 g/mol. The summed E-state index contributed by atoms with van der Waals surface area (Å²) in [6.45, 7) is 6.38. The molecule has 0 bridgehead atoms. The highest BCUT2D eigenvalue weighted by Gasteiger charge is 2.18. The Kier molecular flexibility index (Phi) is 7.99. The van der Waals surface area contributed by atoms with Crippen LogP contribution >= 0.6 is 11.8 Å². The van der Waals surface area contributed by atoms with E-state index < -0.39 is 0 Å². The number of ether oxygens (including phenoxy) is 1. The first-order chi connectivity index (χ1) is 10.8. The van der Waals surface area contributed by atoms with Gasteiger partial charge in [-0.3, -0.25) is 4.90 Å². The molecule has 1 saturated heterocycles. The molecule has 1 fully saturated rings. The van der Waals surface area contributed by atoms with Gasteiger partial charge in [-0.2, -0.15) is 0 Å². The first-order valence-electron chi connectivity index (χ1n) is 8.27. The van der Waals surface area contributed by atoms with Gasteiger partial charge in [0.1, 0.15) is 6.29 Å². The Morgan fingerprint density at radius 2 is 2.00 bits per heavy atom. The minimum absolute atomic E-state index is 0.598. The molecule has 1 aromatic carbocycles. The number of hydrogen-bond acceptors (Lipinski definition) is 4. The van der Waals surface area contributed by atoms with Gasteiger partial charge in [0.15, 0.2) is 0 Å². The molecule has 0 radical (unpaired) electrons. The van der Waals surface area contributed by atoms with Crippen molar-refractivity contribution in [3.8, 4) is 0 Å². The number of likely N-dealkylation sites (tertiary alicyclic amines) is 1. The molecule has 0 unspecified atom stereocenters. The van der Waals surface area contributed by atoms with E-state index in [9.17, 15) is 4.79 Å². The lowest BCUT2D eigenvalue weighted by Gasteiger charge is -2.30. The third kappa shape index (κ3) is 6.11. The summed E-state index contributed by atoms with van der Waals surface area (Å²) in [6, 6.07) is 8.99. The van der Waals surface area contributed by atoms with Crippen LogP contribution in [0.25, 0.3) is 0 Å². The van der Waals surface area contributed by atoms with Crippen LogP contribution in [0.1, 0.15) is 25.3 Å². The topological polar surface area (TPSA) is 29.5 Å². The van der Waals surface area contributed by atoms with Crippen LogP contribution in [-0.4, -0.2) is 49.8 Å². The van der Waals surface area contributed by atoms with E-state index in [1.807, 2.05) is 18.7 Å². The summed E-state index contributed by atoms with van der Waals surface area (Å²) in [7, 11) is 0. The molecule has 0 spiro atoms. The van der Waals surface area contributed by atoms with E-state index in [1.165, 1.54) is 29.7 Å². The van der Waals surface area contributed by atoms with E-state index in [2.05, 4.69) is 29.2 Å². The van der Waals surface area contributed by atoms with Gasteiger partial charge in [-0.25, -0.2) is 0 Å². The predicted molar refractivity (Wildman–Crippen MR) is 92.6 cm³/mol. The lowest BCUT2D eigenvalue weighted by molar-refractivity contribution is -0.109. The summed E-state index contributed by atoms with van der Waals surface area (Å²) in [6.07, 6.45) is 4.60. The molecule has 1 heterocycles. The van der Waals surface area contributed by atoms with E-state index in [1.54, 1.807) is 0 Å². The molecule has 4 heteroatoms. The number of carbonyl (C=O) groups excluding carboxylic acids is 1. The van der Waals surface area contributed by atoms with Gasteiger partial charge in [-0.15, -0.1) is 11.8 Å². The molecule has 0 aliphatic carbocycles. The number of carbonyl (C=O) groups is 1.